The van der Waals surface area contributed by atoms with Gasteiger partial charge in [-0.15, -0.1) is 0 Å². The van der Waals surface area contributed by atoms with Gasteiger partial charge in [-0.1, -0.05) is 35.9 Å². The molecule has 2 nitrogen and oxygen atoms in total. The van der Waals surface area contributed by atoms with Crippen molar-refractivity contribution in [2.24, 2.45) is 5.84 Å². The highest BCUT2D eigenvalue weighted by molar-refractivity contribution is 9.10. The van der Waals surface area contributed by atoms with Crippen LogP contribution in [0, 0.1) is 18.6 Å². The van der Waals surface area contributed by atoms with Gasteiger partial charge in [0.2, 0.25) is 0 Å². The lowest BCUT2D eigenvalue weighted by Crippen LogP contribution is -2.30. The summed E-state index contributed by atoms with van der Waals surface area (Å²) in [4.78, 5) is 0. The maximum Gasteiger partial charge on any atom is 0.164 e. The fourth-order valence-electron chi connectivity index (χ4n) is 1.97. The van der Waals surface area contributed by atoms with E-state index in [0.717, 1.165) is 0 Å². The van der Waals surface area contributed by atoms with Crippen molar-refractivity contribution in [1.82, 2.24) is 5.43 Å². The van der Waals surface area contributed by atoms with Crippen LogP contribution in [0.1, 0.15) is 22.7 Å². The molecule has 0 heterocycles. The van der Waals surface area contributed by atoms with Gasteiger partial charge in [0.15, 0.2) is 11.6 Å². The predicted octanol–water partition coefficient (Wildman–Crippen LogP) is 4.24. The van der Waals surface area contributed by atoms with Crippen molar-refractivity contribution >= 4 is 27.5 Å². The van der Waals surface area contributed by atoms with E-state index < -0.39 is 17.7 Å². The van der Waals surface area contributed by atoms with E-state index in [4.69, 9.17) is 17.4 Å². The Morgan fingerprint density at radius 3 is 2.50 bits per heavy atom. The van der Waals surface area contributed by atoms with Gasteiger partial charge in [-0.3, -0.25) is 5.84 Å². The first-order valence-electron chi connectivity index (χ1n) is 5.82. The Kier molecular flexibility index (Phi) is 4.75. The monoisotopic (exact) mass is 360 g/mol. The minimum Gasteiger partial charge on any atom is -0.271 e. The minimum absolute atomic E-state index is 0.107. The van der Waals surface area contributed by atoms with Crippen LogP contribution in [-0.2, 0) is 0 Å². The summed E-state index contributed by atoms with van der Waals surface area (Å²) in [6.07, 6.45) is 0. The molecule has 0 radical (unpaired) electrons. The minimum atomic E-state index is -0.927. The van der Waals surface area contributed by atoms with Crippen LogP contribution < -0.4 is 11.3 Å². The Morgan fingerprint density at radius 1 is 1.15 bits per heavy atom. The predicted molar refractivity (Wildman–Crippen MR) is 79.4 cm³/mol. The molecule has 0 aliphatic rings. The SMILES string of the molecule is Cc1ccc(C(NN)c2cccc(Br)c2Cl)c(F)c1F. The zero-order valence-corrected chi connectivity index (χ0v) is 12.9. The zero-order valence-electron chi connectivity index (χ0n) is 10.6. The third-order valence-electron chi connectivity index (χ3n) is 3.08. The molecule has 6 heteroatoms. The molecule has 0 saturated heterocycles. The fourth-order valence-corrected chi connectivity index (χ4v) is 2.59. The molecule has 20 heavy (non-hydrogen) atoms. The molecule has 106 valence electrons. The lowest BCUT2D eigenvalue weighted by atomic mass is 9.97. The average molecular weight is 362 g/mol. The maximum atomic E-state index is 14.1. The molecule has 0 amide bonds. The molecular formula is C14H12BrClF2N2. The topological polar surface area (TPSA) is 38.0 Å². The van der Waals surface area contributed by atoms with Gasteiger partial charge < -0.3 is 0 Å². The molecule has 0 bridgehead atoms. The second-order valence-corrected chi connectivity index (χ2v) is 5.57. The smallest absolute Gasteiger partial charge is 0.164 e. The number of benzene rings is 2. The first-order chi connectivity index (χ1) is 9.47. The average Bonchev–Trinajstić information content (AvgIpc) is 2.44. The maximum absolute atomic E-state index is 14.1. The summed E-state index contributed by atoms with van der Waals surface area (Å²) in [7, 11) is 0. The summed E-state index contributed by atoms with van der Waals surface area (Å²) < 4.78 is 28.4. The molecule has 0 aromatic heterocycles. The molecule has 2 rings (SSSR count). The van der Waals surface area contributed by atoms with Crippen molar-refractivity contribution in [3.8, 4) is 0 Å². The van der Waals surface area contributed by atoms with E-state index in [9.17, 15) is 8.78 Å². The Morgan fingerprint density at radius 2 is 1.85 bits per heavy atom. The molecule has 1 atom stereocenters. The molecule has 0 spiro atoms. The van der Waals surface area contributed by atoms with Gasteiger partial charge in [-0.05, 0) is 40.0 Å². The number of hydrogen-bond acceptors (Lipinski definition) is 2. The largest absolute Gasteiger partial charge is 0.271 e. The normalized spacial score (nSPS) is 12.5. The Hall–Kier alpha value is -1.01. The number of nitrogens with one attached hydrogen (secondary N) is 1. The quantitative estimate of drug-likeness (QED) is 0.634. The fraction of sp³-hybridized carbons (Fsp3) is 0.143. The van der Waals surface area contributed by atoms with Gasteiger partial charge in [0.05, 0.1) is 11.1 Å². The zero-order chi connectivity index (χ0) is 14.9. The van der Waals surface area contributed by atoms with Crippen LogP contribution in [0.5, 0.6) is 0 Å². The highest BCUT2D eigenvalue weighted by Crippen LogP contribution is 2.34. The standard InChI is InChI=1S/C14H12BrClF2N2/c1-7-5-6-9(13(18)12(7)17)14(20-19)8-3-2-4-10(15)11(8)16/h2-6,14,20H,19H2,1H3. The summed E-state index contributed by atoms with van der Waals surface area (Å²) in [5.41, 5.74) is 3.38. The number of hydrogen-bond donors (Lipinski definition) is 2. The Labute approximate surface area is 129 Å². The van der Waals surface area contributed by atoms with Gasteiger partial charge in [0.1, 0.15) is 0 Å². The third-order valence-corrected chi connectivity index (χ3v) is 4.39. The van der Waals surface area contributed by atoms with Crippen LogP contribution in [0.2, 0.25) is 5.02 Å². The summed E-state index contributed by atoms with van der Waals surface area (Å²) in [5, 5.41) is 0.399. The molecule has 0 saturated carbocycles. The number of rotatable bonds is 3. The van der Waals surface area contributed by atoms with E-state index in [1.54, 1.807) is 18.2 Å². The molecular weight excluding hydrogens is 350 g/mol. The first kappa shape index (κ1) is 15.4. The molecule has 0 aliphatic carbocycles. The van der Waals surface area contributed by atoms with Crippen molar-refractivity contribution in [3.05, 3.63) is 68.2 Å². The molecule has 2 aromatic rings. The van der Waals surface area contributed by atoms with E-state index in [1.165, 1.54) is 19.1 Å². The van der Waals surface area contributed by atoms with Crippen LogP contribution in [0.25, 0.3) is 0 Å². The van der Waals surface area contributed by atoms with E-state index in [0.29, 0.717) is 15.1 Å². The van der Waals surface area contributed by atoms with Gasteiger partial charge in [0, 0.05) is 10.0 Å². The van der Waals surface area contributed by atoms with Crippen molar-refractivity contribution in [1.29, 1.82) is 0 Å². The van der Waals surface area contributed by atoms with E-state index in [1.807, 2.05) is 0 Å². The van der Waals surface area contributed by atoms with E-state index in [2.05, 4.69) is 21.4 Å². The Balaban J connectivity index is 2.59. The van der Waals surface area contributed by atoms with E-state index in [-0.39, 0.29) is 11.1 Å². The molecule has 1 unspecified atom stereocenters. The lowest BCUT2D eigenvalue weighted by Gasteiger charge is -2.20. The van der Waals surface area contributed by atoms with E-state index >= 15 is 0 Å². The van der Waals surface area contributed by atoms with Crippen LogP contribution >= 0.6 is 27.5 Å². The molecule has 0 fully saturated rings. The van der Waals surface area contributed by atoms with Gasteiger partial charge in [0.25, 0.3) is 0 Å². The van der Waals surface area contributed by atoms with Gasteiger partial charge in [-0.2, -0.15) is 0 Å². The highest BCUT2D eigenvalue weighted by Gasteiger charge is 2.22. The van der Waals surface area contributed by atoms with Crippen molar-refractivity contribution < 1.29 is 8.78 Å². The molecule has 0 aliphatic heterocycles. The van der Waals surface area contributed by atoms with Crippen molar-refractivity contribution in [3.63, 3.8) is 0 Å². The summed E-state index contributed by atoms with van der Waals surface area (Å²) in [6, 6.07) is 7.47. The highest BCUT2D eigenvalue weighted by atomic mass is 79.9. The van der Waals surface area contributed by atoms with Gasteiger partial charge in [-0.25, -0.2) is 14.2 Å². The van der Waals surface area contributed by atoms with Crippen LogP contribution in [0.4, 0.5) is 8.78 Å². The number of nitrogens with two attached hydrogens (primary N) is 1. The molecule has 3 N–H and O–H groups in total. The summed E-state index contributed by atoms with van der Waals surface area (Å²) in [5.74, 6) is 3.69. The van der Waals surface area contributed by atoms with Crippen molar-refractivity contribution in [2.75, 3.05) is 0 Å². The number of aryl methyl sites for hydroxylation is 1. The number of hydrazine groups is 1. The van der Waals surface area contributed by atoms with Crippen LogP contribution in [-0.4, -0.2) is 0 Å². The Bertz CT molecular complexity index is 649. The second-order valence-electron chi connectivity index (χ2n) is 4.34. The van der Waals surface area contributed by atoms with Crippen LogP contribution in [0.15, 0.2) is 34.8 Å². The second kappa shape index (κ2) is 6.18. The first-order valence-corrected chi connectivity index (χ1v) is 6.99. The van der Waals surface area contributed by atoms with Crippen LogP contribution in [0.3, 0.4) is 0 Å². The summed E-state index contributed by atoms with van der Waals surface area (Å²) in [6.45, 7) is 1.50. The third kappa shape index (κ3) is 2.72. The van der Waals surface area contributed by atoms with Crippen molar-refractivity contribution in [2.45, 2.75) is 13.0 Å². The van der Waals surface area contributed by atoms with Gasteiger partial charge >= 0.3 is 0 Å². The number of halogens is 4. The lowest BCUT2D eigenvalue weighted by molar-refractivity contribution is 0.478. The molecule has 2 aromatic carbocycles. The summed E-state index contributed by atoms with van der Waals surface area (Å²) >= 11 is 9.47.